The van der Waals surface area contributed by atoms with E-state index in [0.29, 0.717) is 43.8 Å². The summed E-state index contributed by atoms with van der Waals surface area (Å²) in [5.41, 5.74) is 0.794. The van der Waals surface area contributed by atoms with E-state index in [1.807, 2.05) is 0 Å². The number of nitrogens with zero attached hydrogens (tertiary/aromatic N) is 1. The second kappa shape index (κ2) is 7.76. The summed E-state index contributed by atoms with van der Waals surface area (Å²) >= 11 is 0. The SMILES string of the molecule is CCOC(=O)c1ccc(NS(=O)(=O)N2CCC(OC)CC2)cc1. The molecule has 0 amide bonds. The molecule has 8 heteroatoms. The number of hydrogen-bond acceptors (Lipinski definition) is 5. The number of piperidine rings is 1. The molecule has 1 fully saturated rings. The number of ether oxygens (including phenoxy) is 2. The summed E-state index contributed by atoms with van der Waals surface area (Å²) < 4.78 is 38.8. The van der Waals surface area contributed by atoms with Crippen molar-refractivity contribution in [1.82, 2.24) is 4.31 Å². The minimum absolute atomic E-state index is 0.116. The number of anilines is 1. The fraction of sp³-hybridized carbons (Fsp3) is 0.533. The second-order valence-electron chi connectivity index (χ2n) is 5.24. The second-order valence-corrected chi connectivity index (χ2v) is 6.91. The summed E-state index contributed by atoms with van der Waals surface area (Å²) in [4.78, 5) is 11.6. The highest BCUT2D eigenvalue weighted by Gasteiger charge is 2.27. The summed E-state index contributed by atoms with van der Waals surface area (Å²) in [5, 5.41) is 0. The first-order valence-corrected chi connectivity index (χ1v) is 8.98. The number of hydrogen-bond donors (Lipinski definition) is 1. The Hall–Kier alpha value is -1.64. The lowest BCUT2D eigenvalue weighted by atomic mass is 10.1. The number of rotatable bonds is 6. The topological polar surface area (TPSA) is 84.9 Å². The van der Waals surface area contributed by atoms with Crippen molar-refractivity contribution >= 4 is 21.9 Å². The van der Waals surface area contributed by atoms with Crippen LogP contribution >= 0.6 is 0 Å². The van der Waals surface area contributed by atoms with Gasteiger partial charge in [0, 0.05) is 25.9 Å². The molecule has 7 nitrogen and oxygen atoms in total. The van der Waals surface area contributed by atoms with Crippen LogP contribution in [0.15, 0.2) is 24.3 Å². The van der Waals surface area contributed by atoms with Crippen LogP contribution in [0.4, 0.5) is 5.69 Å². The van der Waals surface area contributed by atoms with E-state index in [9.17, 15) is 13.2 Å². The normalized spacial score (nSPS) is 17.0. The smallest absolute Gasteiger partial charge is 0.338 e. The Labute approximate surface area is 136 Å². The predicted octanol–water partition coefficient (Wildman–Crippen LogP) is 1.63. The van der Waals surface area contributed by atoms with Crippen molar-refractivity contribution in [3.05, 3.63) is 29.8 Å². The van der Waals surface area contributed by atoms with Gasteiger partial charge in [-0.3, -0.25) is 4.72 Å². The van der Waals surface area contributed by atoms with Gasteiger partial charge in [0.05, 0.1) is 18.3 Å². The van der Waals surface area contributed by atoms with Crippen LogP contribution in [0.3, 0.4) is 0 Å². The molecule has 0 radical (unpaired) electrons. The maximum absolute atomic E-state index is 12.4. The molecule has 0 spiro atoms. The molecule has 0 saturated carbocycles. The van der Waals surface area contributed by atoms with E-state index in [4.69, 9.17) is 9.47 Å². The molecule has 0 unspecified atom stereocenters. The van der Waals surface area contributed by atoms with E-state index < -0.39 is 16.2 Å². The summed E-state index contributed by atoms with van der Waals surface area (Å²) in [6, 6.07) is 6.16. The average molecular weight is 342 g/mol. The lowest BCUT2D eigenvalue weighted by Crippen LogP contribution is -2.43. The van der Waals surface area contributed by atoms with Crippen LogP contribution in [0.1, 0.15) is 30.1 Å². The Balaban J connectivity index is 1.99. The van der Waals surface area contributed by atoms with E-state index in [1.165, 1.54) is 16.4 Å². The zero-order valence-corrected chi connectivity index (χ0v) is 14.1. The fourth-order valence-electron chi connectivity index (χ4n) is 2.41. The summed E-state index contributed by atoms with van der Waals surface area (Å²) in [5.74, 6) is -0.427. The standard InChI is InChI=1S/C15H22N2O5S/c1-3-22-15(18)12-4-6-13(7-5-12)16-23(19,20)17-10-8-14(21-2)9-11-17/h4-7,14,16H,3,8-11H2,1-2H3. The molecule has 1 N–H and O–H groups in total. The van der Waals surface area contributed by atoms with Gasteiger partial charge in [-0.25, -0.2) is 4.79 Å². The fourth-order valence-corrected chi connectivity index (χ4v) is 3.67. The van der Waals surface area contributed by atoms with Crippen molar-refractivity contribution in [2.24, 2.45) is 0 Å². The van der Waals surface area contributed by atoms with Crippen molar-refractivity contribution < 1.29 is 22.7 Å². The first-order chi connectivity index (χ1) is 11.0. The minimum Gasteiger partial charge on any atom is -0.462 e. The molecule has 1 aliphatic heterocycles. The van der Waals surface area contributed by atoms with Gasteiger partial charge in [-0.05, 0) is 44.0 Å². The molecule has 128 valence electrons. The molecule has 0 atom stereocenters. The Morgan fingerprint density at radius 2 is 1.87 bits per heavy atom. The lowest BCUT2D eigenvalue weighted by Gasteiger charge is -2.30. The highest BCUT2D eigenvalue weighted by molar-refractivity contribution is 7.90. The quantitative estimate of drug-likeness (QED) is 0.794. The minimum atomic E-state index is -3.60. The van der Waals surface area contributed by atoms with Gasteiger partial charge in [0.1, 0.15) is 0 Å². The molecule has 1 aliphatic rings. The van der Waals surface area contributed by atoms with Crippen LogP contribution in [0.5, 0.6) is 0 Å². The molecule has 0 bridgehead atoms. The Kier molecular flexibility index (Phi) is 5.97. The predicted molar refractivity (Wildman–Crippen MR) is 86.5 cm³/mol. The summed E-state index contributed by atoms with van der Waals surface area (Å²) in [7, 11) is -1.96. The maximum atomic E-state index is 12.4. The molecule has 0 aliphatic carbocycles. The monoisotopic (exact) mass is 342 g/mol. The molecular formula is C15H22N2O5S. The largest absolute Gasteiger partial charge is 0.462 e. The maximum Gasteiger partial charge on any atom is 0.338 e. The van der Waals surface area contributed by atoms with Crippen LogP contribution < -0.4 is 4.72 Å². The van der Waals surface area contributed by atoms with Crippen LogP contribution in [-0.2, 0) is 19.7 Å². The van der Waals surface area contributed by atoms with Gasteiger partial charge in [-0.2, -0.15) is 12.7 Å². The molecule has 1 saturated heterocycles. The van der Waals surface area contributed by atoms with Gasteiger partial charge in [-0.1, -0.05) is 0 Å². The first kappa shape index (κ1) is 17.7. The van der Waals surface area contributed by atoms with E-state index in [-0.39, 0.29) is 6.10 Å². The van der Waals surface area contributed by atoms with Gasteiger partial charge >= 0.3 is 16.2 Å². The van der Waals surface area contributed by atoms with Crippen molar-refractivity contribution in [2.45, 2.75) is 25.9 Å². The molecule has 0 aromatic heterocycles. The van der Waals surface area contributed by atoms with Gasteiger partial charge < -0.3 is 9.47 Å². The van der Waals surface area contributed by atoms with Crippen LogP contribution in [-0.4, -0.2) is 51.6 Å². The number of esters is 1. The highest BCUT2D eigenvalue weighted by atomic mass is 32.2. The Morgan fingerprint density at radius 3 is 2.39 bits per heavy atom. The third-order valence-corrected chi connectivity index (χ3v) is 5.26. The van der Waals surface area contributed by atoms with E-state index in [2.05, 4.69) is 4.72 Å². The molecule has 23 heavy (non-hydrogen) atoms. The number of benzene rings is 1. The molecule has 1 aromatic rings. The zero-order chi connectivity index (χ0) is 16.9. The van der Waals surface area contributed by atoms with Crippen LogP contribution in [0.2, 0.25) is 0 Å². The first-order valence-electron chi connectivity index (χ1n) is 7.54. The number of nitrogens with one attached hydrogen (secondary N) is 1. The number of carbonyl (C=O) groups is 1. The van der Waals surface area contributed by atoms with Crippen molar-refractivity contribution in [1.29, 1.82) is 0 Å². The van der Waals surface area contributed by atoms with Crippen molar-refractivity contribution in [3.63, 3.8) is 0 Å². The van der Waals surface area contributed by atoms with Gasteiger partial charge in [0.2, 0.25) is 0 Å². The van der Waals surface area contributed by atoms with Crippen LogP contribution in [0.25, 0.3) is 0 Å². The lowest BCUT2D eigenvalue weighted by molar-refractivity contribution is 0.0526. The van der Waals surface area contributed by atoms with Gasteiger partial charge in [0.15, 0.2) is 0 Å². The van der Waals surface area contributed by atoms with E-state index in [1.54, 1.807) is 26.2 Å². The van der Waals surface area contributed by atoms with E-state index >= 15 is 0 Å². The van der Waals surface area contributed by atoms with Crippen LogP contribution in [0, 0.1) is 0 Å². The van der Waals surface area contributed by atoms with Gasteiger partial charge in [-0.15, -0.1) is 0 Å². The Morgan fingerprint density at radius 1 is 1.26 bits per heavy atom. The van der Waals surface area contributed by atoms with Gasteiger partial charge in [0.25, 0.3) is 0 Å². The zero-order valence-electron chi connectivity index (χ0n) is 13.3. The molecule has 1 aromatic carbocycles. The summed E-state index contributed by atoms with van der Waals surface area (Å²) in [6.07, 6.45) is 1.48. The number of methoxy groups -OCH3 is 1. The van der Waals surface area contributed by atoms with Crippen molar-refractivity contribution in [2.75, 3.05) is 31.5 Å². The highest BCUT2D eigenvalue weighted by Crippen LogP contribution is 2.19. The molecule has 2 rings (SSSR count). The third kappa shape index (κ3) is 4.66. The molecule has 1 heterocycles. The number of carbonyl (C=O) groups excluding carboxylic acids is 1. The third-order valence-electron chi connectivity index (χ3n) is 3.72. The molecular weight excluding hydrogens is 320 g/mol. The Bertz CT molecular complexity index is 622. The van der Waals surface area contributed by atoms with Crippen molar-refractivity contribution in [3.8, 4) is 0 Å². The summed E-state index contributed by atoms with van der Waals surface area (Å²) in [6.45, 7) is 2.88. The van der Waals surface area contributed by atoms with E-state index in [0.717, 1.165) is 0 Å². The average Bonchev–Trinajstić information content (AvgIpc) is 2.55.